The van der Waals surface area contributed by atoms with Gasteiger partial charge in [0.05, 0.1) is 5.56 Å². The van der Waals surface area contributed by atoms with Crippen molar-refractivity contribution in [2.45, 2.75) is 0 Å². The third-order valence-corrected chi connectivity index (χ3v) is 4.53. The zero-order valence-electron chi connectivity index (χ0n) is 17.5. The fourth-order valence-corrected chi connectivity index (χ4v) is 3.03. The standard InChI is InChI=1S/C24H23N3O4S/c1-25-22(28)17-8-7-9-18(16-17)26-24(32)27-23(29)20-12-5-6-13-21(20)31-15-14-30-19-10-3-2-4-11-19/h2-13,16H,14-15H2,1H3,(H,25,28)(H2,26,27,29,32). The number of amides is 2. The third-order valence-electron chi connectivity index (χ3n) is 4.32. The zero-order chi connectivity index (χ0) is 22.8. The highest BCUT2D eigenvalue weighted by molar-refractivity contribution is 7.80. The first-order valence-corrected chi connectivity index (χ1v) is 10.3. The Hall–Kier alpha value is -3.91. The van der Waals surface area contributed by atoms with Crippen molar-refractivity contribution in [1.29, 1.82) is 0 Å². The number of hydrogen-bond donors (Lipinski definition) is 3. The quantitative estimate of drug-likeness (QED) is 0.360. The molecule has 2 amide bonds. The Kier molecular flexibility index (Phi) is 8.16. The average molecular weight is 450 g/mol. The SMILES string of the molecule is CNC(=O)c1cccc(NC(=S)NC(=O)c2ccccc2OCCOc2ccccc2)c1. The van der Waals surface area contributed by atoms with Crippen LogP contribution in [0.5, 0.6) is 11.5 Å². The summed E-state index contributed by atoms with van der Waals surface area (Å²) in [6.45, 7) is 0.607. The van der Waals surface area contributed by atoms with Gasteiger partial charge in [-0.2, -0.15) is 0 Å². The predicted molar refractivity (Wildman–Crippen MR) is 127 cm³/mol. The van der Waals surface area contributed by atoms with Gasteiger partial charge in [-0.05, 0) is 54.7 Å². The molecule has 7 nitrogen and oxygen atoms in total. The van der Waals surface area contributed by atoms with Gasteiger partial charge in [-0.1, -0.05) is 36.4 Å². The Bertz CT molecular complexity index is 1090. The molecule has 0 fully saturated rings. The van der Waals surface area contributed by atoms with Gasteiger partial charge in [0.15, 0.2) is 5.11 Å². The van der Waals surface area contributed by atoms with Crippen molar-refractivity contribution in [3.8, 4) is 11.5 Å². The maximum absolute atomic E-state index is 12.7. The van der Waals surface area contributed by atoms with Crippen LogP contribution in [0.15, 0.2) is 78.9 Å². The van der Waals surface area contributed by atoms with Gasteiger partial charge in [-0.15, -0.1) is 0 Å². The normalized spacial score (nSPS) is 10.0. The number of anilines is 1. The molecule has 0 radical (unpaired) electrons. The number of benzene rings is 3. The van der Waals surface area contributed by atoms with Crippen LogP contribution in [0.25, 0.3) is 0 Å². The number of carbonyl (C=O) groups is 2. The van der Waals surface area contributed by atoms with Gasteiger partial charge in [0.2, 0.25) is 0 Å². The van der Waals surface area contributed by atoms with E-state index in [0.29, 0.717) is 29.2 Å². The van der Waals surface area contributed by atoms with E-state index in [4.69, 9.17) is 21.7 Å². The van der Waals surface area contributed by atoms with Gasteiger partial charge in [0.1, 0.15) is 24.7 Å². The first-order valence-electron chi connectivity index (χ1n) is 9.91. The summed E-state index contributed by atoms with van der Waals surface area (Å²) in [5.74, 6) is 0.542. The lowest BCUT2D eigenvalue weighted by molar-refractivity contribution is 0.0958. The molecule has 3 aromatic carbocycles. The van der Waals surface area contributed by atoms with Crippen LogP contribution in [0.3, 0.4) is 0 Å². The number of rotatable bonds is 8. The topological polar surface area (TPSA) is 88.7 Å². The monoisotopic (exact) mass is 449 g/mol. The number of hydrogen-bond acceptors (Lipinski definition) is 5. The molecule has 0 saturated heterocycles. The molecule has 8 heteroatoms. The average Bonchev–Trinajstić information content (AvgIpc) is 2.82. The van der Waals surface area contributed by atoms with Crippen molar-refractivity contribution >= 4 is 34.8 Å². The molecule has 0 saturated carbocycles. The minimum Gasteiger partial charge on any atom is -0.490 e. The molecular formula is C24H23N3O4S. The predicted octanol–water partition coefficient (Wildman–Crippen LogP) is 3.63. The van der Waals surface area contributed by atoms with Crippen LogP contribution in [0, 0.1) is 0 Å². The maximum Gasteiger partial charge on any atom is 0.261 e. The molecule has 32 heavy (non-hydrogen) atoms. The molecule has 0 aliphatic heterocycles. The lowest BCUT2D eigenvalue weighted by atomic mass is 10.2. The second-order valence-corrected chi connectivity index (χ2v) is 6.98. The van der Waals surface area contributed by atoms with E-state index in [9.17, 15) is 9.59 Å². The smallest absolute Gasteiger partial charge is 0.261 e. The van der Waals surface area contributed by atoms with Crippen LogP contribution in [0.4, 0.5) is 5.69 Å². The fraction of sp³-hybridized carbons (Fsp3) is 0.125. The molecule has 0 unspecified atom stereocenters. The third kappa shape index (κ3) is 6.55. The van der Waals surface area contributed by atoms with Crippen LogP contribution in [-0.4, -0.2) is 37.2 Å². The summed E-state index contributed by atoms with van der Waals surface area (Å²) in [5.41, 5.74) is 1.40. The van der Waals surface area contributed by atoms with Gasteiger partial charge >= 0.3 is 0 Å². The van der Waals surface area contributed by atoms with Gasteiger partial charge in [0.25, 0.3) is 11.8 Å². The Morgan fingerprint density at radius 3 is 2.34 bits per heavy atom. The van der Waals surface area contributed by atoms with E-state index < -0.39 is 5.91 Å². The highest BCUT2D eigenvalue weighted by atomic mass is 32.1. The second kappa shape index (κ2) is 11.5. The molecule has 164 valence electrons. The van der Waals surface area contributed by atoms with E-state index in [-0.39, 0.29) is 17.6 Å². The molecule has 3 N–H and O–H groups in total. The molecule has 0 bridgehead atoms. The number of nitrogens with one attached hydrogen (secondary N) is 3. The molecule has 3 aromatic rings. The van der Waals surface area contributed by atoms with Crippen molar-refractivity contribution in [3.63, 3.8) is 0 Å². The summed E-state index contributed by atoms with van der Waals surface area (Å²) in [6.07, 6.45) is 0. The number of para-hydroxylation sites is 2. The zero-order valence-corrected chi connectivity index (χ0v) is 18.3. The van der Waals surface area contributed by atoms with E-state index in [1.165, 1.54) is 0 Å². The molecular weight excluding hydrogens is 426 g/mol. The summed E-state index contributed by atoms with van der Waals surface area (Å²) in [5, 5.41) is 8.21. The minimum atomic E-state index is -0.412. The van der Waals surface area contributed by atoms with Crippen LogP contribution < -0.4 is 25.4 Å². The van der Waals surface area contributed by atoms with Crippen LogP contribution in [0.2, 0.25) is 0 Å². The molecule has 0 heterocycles. The lowest BCUT2D eigenvalue weighted by Crippen LogP contribution is -2.34. The van der Waals surface area contributed by atoms with Gasteiger partial charge < -0.3 is 20.1 Å². The van der Waals surface area contributed by atoms with E-state index in [1.54, 1.807) is 55.6 Å². The fourth-order valence-electron chi connectivity index (χ4n) is 2.82. The molecule has 3 rings (SSSR count). The molecule has 0 atom stereocenters. The van der Waals surface area contributed by atoms with Crippen molar-refractivity contribution in [3.05, 3.63) is 90.0 Å². The molecule has 0 aliphatic carbocycles. The van der Waals surface area contributed by atoms with E-state index in [2.05, 4.69) is 16.0 Å². The largest absolute Gasteiger partial charge is 0.490 e. The van der Waals surface area contributed by atoms with Crippen LogP contribution in [0.1, 0.15) is 20.7 Å². The van der Waals surface area contributed by atoms with Crippen molar-refractivity contribution < 1.29 is 19.1 Å². The van der Waals surface area contributed by atoms with Crippen molar-refractivity contribution in [1.82, 2.24) is 10.6 Å². The molecule has 0 aromatic heterocycles. The number of carbonyl (C=O) groups excluding carboxylic acids is 2. The van der Waals surface area contributed by atoms with Crippen molar-refractivity contribution in [2.24, 2.45) is 0 Å². The van der Waals surface area contributed by atoms with Gasteiger partial charge in [-0.25, -0.2) is 0 Å². The highest BCUT2D eigenvalue weighted by Crippen LogP contribution is 2.18. The highest BCUT2D eigenvalue weighted by Gasteiger charge is 2.14. The van der Waals surface area contributed by atoms with E-state index >= 15 is 0 Å². The minimum absolute atomic E-state index is 0.103. The summed E-state index contributed by atoms with van der Waals surface area (Å²) >= 11 is 5.25. The Balaban J connectivity index is 1.55. The summed E-state index contributed by atoms with van der Waals surface area (Å²) < 4.78 is 11.3. The first-order chi connectivity index (χ1) is 15.6. The Morgan fingerprint density at radius 2 is 1.56 bits per heavy atom. The van der Waals surface area contributed by atoms with Gasteiger partial charge in [-0.3, -0.25) is 14.9 Å². The second-order valence-electron chi connectivity index (χ2n) is 6.57. The van der Waals surface area contributed by atoms with E-state index in [0.717, 1.165) is 5.75 Å². The van der Waals surface area contributed by atoms with Crippen LogP contribution in [-0.2, 0) is 0 Å². The maximum atomic E-state index is 12.7. The van der Waals surface area contributed by atoms with Gasteiger partial charge in [0, 0.05) is 18.3 Å². The molecule has 0 spiro atoms. The number of ether oxygens (including phenoxy) is 2. The molecule has 0 aliphatic rings. The number of thiocarbonyl (C=S) groups is 1. The summed E-state index contributed by atoms with van der Waals surface area (Å²) in [7, 11) is 1.56. The Morgan fingerprint density at radius 1 is 0.844 bits per heavy atom. The Labute approximate surface area is 191 Å². The lowest BCUT2D eigenvalue weighted by Gasteiger charge is -2.14. The first kappa shape index (κ1) is 22.8. The van der Waals surface area contributed by atoms with Crippen LogP contribution >= 0.6 is 12.2 Å². The summed E-state index contributed by atoms with van der Waals surface area (Å²) in [6, 6.07) is 23.1. The van der Waals surface area contributed by atoms with Crippen molar-refractivity contribution in [2.75, 3.05) is 25.6 Å². The van der Waals surface area contributed by atoms with E-state index in [1.807, 2.05) is 30.3 Å². The summed E-state index contributed by atoms with van der Waals surface area (Å²) in [4.78, 5) is 24.5.